The highest BCUT2D eigenvalue weighted by Gasteiger charge is 2.15. The molecule has 0 N–H and O–H groups in total. The Morgan fingerprint density at radius 1 is 1.21 bits per heavy atom. The topological polar surface area (TPSA) is 64.7 Å². The van der Waals surface area contributed by atoms with Gasteiger partial charge in [0.25, 0.3) is 5.89 Å². The lowest BCUT2D eigenvalue weighted by atomic mass is 10.2. The van der Waals surface area contributed by atoms with Gasteiger partial charge in [0.1, 0.15) is 0 Å². The van der Waals surface area contributed by atoms with Crippen LogP contribution >= 0.6 is 11.6 Å². The number of hydrogen-bond donors (Lipinski definition) is 0. The molecule has 0 bridgehead atoms. The fourth-order valence-electron chi connectivity index (χ4n) is 1.76. The molecule has 19 heavy (non-hydrogen) atoms. The van der Waals surface area contributed by atoms with Crippen molar-refractivity contribution < 1.29 is 4.52 Å². The first-order valence-electron chi connectivity index (χ1n) is 5.96. The highest BCUT2D eigenvalue weighted by Crippen LogP contribution is 2.25. The van der Waals surface area contributed by atoms with Crippen LogP contribution in [0.2, 0.25) is 0 Å². The Labute approximate surface area is 114 Å². The van der Waals surface area contributed by atoms with Gasteiger partial charge in [0.05, 0.1) is 16.4 Å². The van der Waals surface area contributed by atoms with Gasteiger partial charge >= 0.3 is 0 Å². The molecule has 0 saturated heterocycles. The largest absolute Gasteiger partial charge is 0.334 e. The third-order valence-electron chi connectivity index (χ3n) is 2.80. The lowest BCUT2D eigenvalue weighted by molar-refractivity contribution is 0.421. The maximum absolute atomic E-state index is 6.08. The standard InChI is InChI=1S/C13H11ClN4O/c1-2-9(14)12-17-13(19-18-12)8-3-4-10-11(7-8)16-6-5-15-10/h3-7,9H,2H2,1H3. The highest BCUT2D eigenvalue weighted by atomic mass is 35.5. The number of aromatic nitrogens is 4. The van der Waals surface area contributed by atoms with E-state index in [0.717, 1.165) is 23.0 Å². The molecule has 1 atom stereocenters. The van der Waals surface area contributed by atoms with Crippen LogP contribution in [-0.4, -0.2) is 20.1 Å². The molecule has 96 valence electrons. The highest BCUT2D eigenvalue weighted by molar-refractivity contribution is 6.20. The number of hydrogen-bond acceptors (Lipinski definition) is 5. The van der Waals surface area contributed by atoms with Gasteiger partial charge in [-0.2, -0.15) is 4.98 Å². The zero-order valence-electron chi connectivity index (χ0n) is 10.2. The summed E-state index contributed by atoms with van der Waals surface area (Å²) in [5.74, 6) is 0.958. The smallest absolute Gasteiger partial charge is 0.258 e. The van der Waals surface area contributed by atoms with Crippen molar-refractivity contribution in [1.29, 1.82) is 0 Å². The van der Waals surface area contributed by atoms with E-state index in [9.17, 15) is 0 Å². The predicted octanol–water partition coefficient (Wildman–Crippen LogP) is 3.37. The second-order valence-corrected chi connectivity index (χ2v) is 4.62. The van der Waals surface area contributed by atoms with Crippen molar-refractivity contribution in [2.24, 2.45) is 0 Å². The second-order valence-electron chi connectivity index (χ2n) is 4.09. The van der Waals surface area contributed by atoms with E-state index in [-0.39, 0.29) is 5.38 Å². The molecule has 0 aliphatic rings. The zero-order chi connectivity index (χ0) is 13.2. The summed E-state index contributed by atoms with van der Waals surface area (Å²) in [5.41, 5.74) is 2.43. The van der Waals surface area contributed by atoms with E-state index < -0.39 is 0 Å². The van der Waals surface area contributed by atoms with E-state index in [0.29, 0.717) is 11.7 Å². The van der Waals surface area contributed by atoms with Crippen LogP contribution in [0.4, 0.5) is 0 Å². The molecule has 0 aliphatic heterocycles. The number of alkyl halides is 1. The van der Waals surface area contributed by atoms with Gasteiger partial charge < -0.3 is 4.52 Å². The first-order valence-corrected chi connectivity index (χ1v) is 6.40. The predicted molar refractivity (Wildman–Crippen MR) is 71.7 cm³/mol. The molecule has 0 fully saturated rings. The quantitative estimate of drug-likeness (QED) is 0.685. The number of fused-ring (bicyclic) bond motifs is 1. The monoisotopic (exact) mass is 274 g/mol. The fourth-order valence-corrected chi connectivity index (χ4v) is 1.85. The second kappa shape index (κ2) is 4.93. The van der Waals surface area contributed by atoms with Gasteiger partial charge in [-0.1, -0.05) is 12.1 Å². The lowest BCUT2D eigenvalue weighted by Gasteiger charge is -1.98. The Bertz CT molecular complexity index is 712. The van der Waals surface area contributed by atoms with E-state index in [1.165, 1.54) is 0 Å². The zero-order valence-corrected chi connectivity index (χ0v) is 11.0. The summed E-state index contributed by atoms with van der Waals surface area (Å²) >= 11 is 6.08. The normalized spacial score (nSPS) is 12.7. The summed E-state index contributed by atoms with van der Waals surface area (Å²) in [6.07, 6.45) is 4.06. The van der Waals surface area contributed by atoms with Crippen LogP contribution in [0.5, 0.6) is 0 Å². The third kappa shape index (κ3) is 2.29. The maximum atomic E-state index is 6.08. The van der Waals surface area contributed by atoms with Crippen LogP contribution in [0.1, 0.15) is 24.5 Å². The first kappa shape index (κ1) is 12.0. The Morgan fingerprint density at radius 2 is 2.00 bits per heavy atom. The average Bonchev–Trinajstić information content (AvgIpc) is 2.95. The van der Waals surface area contributed by atoms with Crippen molar-refractivity contribution in [2.75, 3.05) is 0 Å². The number of halogens is 1. The van der Waals surface area contributed by atoms with Gasteiger partial charge in [-0.3, -0.25) is 9.97 Å². The Hall–Kier alpha value is -2.01. The maximum Gasteiger partial charge on any atom is 0.258 e. The van der Waals surface area contributed by atoms with E-state index in [1.54, 1.807) is 12.4 Å². The molecule has 1 aromatic carbocycles. The Kier molecular flexibility index (Phi) is 3.13. The van der Waals surface area contributed by atoms with Crippen molar-refractivity contribution in [3.8, 4) is 11.5 Å². The SMILES string of the molecule is CCC(Cl)c1noc(-c2ccc3nccnc3c2)n1. The molecule has 6 heteroatoms. The molecule has 1 unspecified atom stereocenters. The van der Waals surface area contributed by atoms with Crippen LogP contribution in [0.3, 0.4) is 0 Å². The van der Waals surface area contributed by atoms with Crippen molar-refractivity contribution in [2.45, 2.75) is 18.7 Å². The average molecular weight is 275 g/mol. The summed E-state index contributed by atoms with van der Waals surface area (Å²) in [6.45, 7) is 1.97. The van der Waals surface area contributed by atoms with Gasteiger partial charge in [-0.05, 0) is 24.6 Å². The minimum Gasteiger partial charge on any atom is -0.334 e. The molecule has 0 amide bonds. The van der Waals surface area contributed by atoms with Gasteiger partial charge in [0.2, 0.25) is 0 Å². The number of nitrogens with zero attached hydrogens (tertiary/aromatic N) is 4. The minimum atomic E-state index is -0.224. The van der Waals surface area contributed by atoms with Crippen molar-refractivity contribution in [3.05, 3.63) is 36.4 Å². The third-order valence-corrected chi connectivity index (χ3v) is 3.30. The number of rotatable bonds is 3. The van der Waals surface area contributed by atoms with Crippen LogP contribution in [-0.2, 0) is 0 Å². The molecule has 0 saturated carbocycles. The van der Waals surface area contributed by atoms with Gasteiger partial charge in [-0.25, -0.2) is 0 Å². The summed E-state index contributed by atoms with van der Waals surface area (Å²) in [6, 6.07) is 5.62. The Balaban J connectivity index is 2.01. The summed E-state index contributed by atoms with van der Waals surface area (Å²) < 4.78 is 5.23. The van der Waals surface area contributed by atoms with Crippen LogP contribution in [0, 0.1) is 0 Å². The van der Waals surface area contributed by atoms with E-state index in [2.05, 4.69) is 20.1 Å². The summed E-state index contributed by atoms with van der Waals surface area (Å²) in [5, 5.41) is 3.66. The molecule has 3 rings (SSSR count). The van der Waals surface area contributed by atoms with E-state index >= 15 is 0 Å². The molecule has 0 radical (unpaired) electrons. The van der Waals surface area contributed by atoms with Crippen molar-refractivity contribution in [1.82, 2.24) is 20.1 Å². The van der Waals surface area contributed by atoms with Crippen LogP contribution < -0.4 is 0 Å². The molecular weight excluding hydrogens is 264 g/mol. The molecule has 2 aromatic heterocycles. The van der Waals surface area contributed by atoms with Gasteiger partial charge in [-0.15, -0.1) is 11.6 Å². The fraction of sp³-hybridized carbons (Fsp3) is 0.231. The molecule has 3 aromatic rings. The summed E-state index contributed by atoms with van der Waals surface area (Å²) in [4.78, 5) is 12.8. The van der Waals surface area contributed by atoms with Gasteiger partial charge in [0, 0.05) is 18.0 Å². The van der Waals surface area contributed by atoms with Gasteiger partial charge in [0.15, 0.2) is 5.82 Å². The van der Waals surface area contributed by atoms with Crippen LogP contribution in [0.25, 0.3) is 22.5 Å². The first-order chi connectivity index (χ1) is 9.28. The molecule has 0 spiro atoms. The van der Waals surface area contributed by atoms with Crippen molar-refractivity contribution in [3.63, 3.8) is 0 Å². The van der Waals surface area contributed by atoms with E-state index in [4.69, 9.17) is 16.1 Å². The Morgan fingerprint density at radius 3 is 2.79 bits per heavy atom. The summed E-state index contributed by atoms with van der Waals surface area (Å²) in [7, 11) is 0. The number of benzene rings is 1. The molecular formula is C13H11ClN4O. The molecule has 0 aliphatic carbocycles. The molecule has 5 nitrogen and oxygen atoms in total. The van der Waals surface area contributed by atoms with Crippen LogP contribution in [0.15, 0.2) is 35.1 Å². The molecule has 2 heterocycles. The lowest BCUT2D eigenvalue weighted by Crippen LogP contribution is -1.90. The minimum absolute atomic E-state index is 0.224. The van der Waals surface area contributed by atoms with Crippen molar-refractivity contribution >= 4 is 22.6 Å². The van der Waals surface area contributed by atoms with E-state index in [1.807, 2.05) is 25.1 Å².